The molecule has 2 N–H and O–H groups in total. The number of piperidine rings is 1. The van der Waals surface area contributed by atoms with Crippen LogP contribution in [-0.2, 0) is 11.3 Å². The summed E-state index contributed by atoms with van der Waals surface area (Å²) in [5.41, 5.74) is 7.79. The summed E-state index contributed by atoms with van der Waals surface area (Å²) >= 11 is 6.37. The van der Waals surface area contributed by atoms with Crippen LogP contribution in [0.2, 0.25) is 5.02 Å². The molecule has 110 valence electrons. The van der Waals surface area contributed by atoms with Crippen LogP contribution in [0.25, 0.3) is 0 Å². The lowest BCUT2D eigenvalue weighted by Crippen LogP contribution is -2.38. The smallest absolute Gasteiger partial charge is 0.220 e. The van der Waals surface area contributed by atoms with Gasteiger partial charge >= 0.3 is 0 Å². The van der Waals surface area contributed by atoms with E-state index in [2.05, 4.69) is 36.9 Å². The predicted octanol–water partition coefficient (Wildman–Crippen LogP) is 3.16. The maximum atomic E-state index is 11.2. The Morgan fingerprint density at radius 3 is 2.55 bits per heavy atom. The van der Waals surface area contributed by atoms with Gasteiger partial charge in [0.1, 0.15) is 0 Å². The van der Waals surface area contributed by atoms with Crippen molar-refractivity contribution in [1.82, 2.24) is 4.90 Å². The van der Waals surface area contributed by atoms with Gasteiger partial charge in [0.25, 0.3) is 0 Å². The molecule has 1 aromatic carbocycles. The lowest BCUT2D eigenvalue weighted by atomic mass is 9.95. The average molecular weight is 295 g/mol. The lowest BCUT2D eigenvalue weighted by Gasteiger charge is -2.30. The molecule has 0 atom stereocenters. The van der Waals surface area contributed by atoms with E-state index in [1.807, 2.05) is 0 Å². The summed E-state index contributed by atoms with van der Waals surface area (Å²) in [6.07, 6.45) is 1.72. The van der Waals surface area contributed by atoms with Gasteiger partial charge in [0.2, 0.25) is 5.91 Å². The van der Waals surface area contributed by atoms with Crippen molar-refractivity contribution in [1.29, 1.82) is 0 Å². The van der Waals surface area contributed by atoms with E-state index in [-0.39, 0.29) is 11.8 Å². The molecule has 3 nitrogen and oxygen atoms in total. The molecule has 1 aromatic rings. The number of nitrogens with two attached hydrogens (primary N) is 1. The fraction of sp³-hybridized carbons (Fsp3) is 0.562. The number of rotatable bonds is 4. The molecule has 0 aliphatic carbocycles. The molecular weight excluding hydrogens is 272 g/mol. The first-order valence-corrected chi connectivity index (χ1v) is 7.65. The van der Waals surface area contributed by atoms with Crippen LogP contribution in [0.5, 0.6) is 0 Å². The van der Waals surface area contributed by atoms with E-state index in [4.69, 9.17) is 17.3 Å². The van der Waals surface area contributed by atoms with Crippen molar-refractivity contribution >= 4 is 17.5 Å². The number of halogens is 1. The van der Waals surface area contributed by atoms with Crippen molar-refractivity contribution < 1.29 is 4.79 Å². The molecule has 20 heavy (non-hydrogen) atoms. The monoisotopic (exact) mass is 294 g/mol. The topological polar surface area (TPSA) is 46.3 Å². The molecule has 0 spiro atoms. The fourth-order valence-corrected chi connectivity index (χ4v) is 2.92. The standard InChI is InChI=1S/C16H23ClN2O/c1-11(2)13-3-4-14(15(17)9-13)10-19-7-5-12(6-8-19)16(18)20/h3-4,9,11-12H,5-8,10H2,1-2H3,(H2,18,20). The van der Waals surface area contributed by atoms with Gasteiger partial charge in [-0.15, -0.1) is 0 Å². The van der Waals surface area contributed by atoms with Crippen LogP contribution in [0.3, 0.4) is 0 Å². The minimum Gasteiger partial charge on any atom is -0.369 e. The highest BCUT2D eigenvalue weighted by Gasteiger charge is 2.23. The van der Waals surface area contributed by atoms with Gasteiger partial charge in [-0.1, -0.05) is 37.6 Å². The molecule has 0 unspecified atom stereocenters. The molecule has 1 heterocycles. The molecule has 1 aliphatic heterocycles. The number of nitrogens with zero attached hydrogens (tertiary/aromatic N) is 1. The van der Waals surface area contributed by atoms with E-state index in [0.29, 0.717) is 5.92 Å². The zero-order chi connectivity index (χ0) is 14.7. The van der Waals surface area contributed by atoms with E-state index >= 15 is 0 Å². The van der Waals surface area contributed by atoms with E-state index < -0.39 is 0 Å². The number of carbonyl (C=O) groups excluding carboxylic acids is 1. The van der Waals surface area contributed by atoms with Crippen molar-refractivity contribution in [2.45, 2.75) is 39.2 Å². The number of benzene rings is 1. The van der Waals surface area contributed by atoms with Gasteiger partial charge in [0.05, 0.1) is 0 Å². The first-order chi connectivity index (χ1) is 9.47. The number of likely N-dealkylation sites (tertiary alicyclic amines) is 1. The van der Waals surface area contributed by atoms with Gasteiger partial charge in [-0.25, -0.2) is 0 Å². The highest BCUT2D eigenvalue weighted by Crippen LogP contribution is 2.25. The second-order valence-corrected chi connectivity index (χ2v) is 6.37. The molecule has 2 rings (SSSR count). The molecular formula is C16H23ClN2O. The lowest BCUT2D eigenvalue weighted by molar-refractivity contribution is -0.123. The average Bonchev–Trinajstić information content (AvgIpc) is 2.41. The summed E-state index contributed by atoms with van der Waals surface area (Å²) in [6, 6.07) is 6.34. The van der Waals surface area contributed by atoms with E-state index in [9.17, 15) is 4.79 Å². The number of hydrogen-bond donors (Lipinski definition) is 1. The molecule has 4 heteroatoms. The van der Waals surface area contributed by atoms with E-state index in [1.54, 1.807) is 0 Å². The Bertz CT molecular complexity index is 479. The summed E-state index contributed by atoms with van der Waals surface area (Å²) in [5.74, 6) is 0.377. The highest BCUT2D eigenvalue weighted by atomic mass is 35.5. The van der Waals surface area contributed by atoms with Crippen LogP contribution >= 0.6 is 11.6 Å². The van der Waals surface area contributed by atoms with Crippen molar-refractivity contribution in [2.24, 2.45) is 11.7 Å². The van der Waals surface area contributed by atoms with E-state index in [0.717, 1.165) is 43.1 Å². The Kier molecular flexibility index (Phi) is 5.06. The number of carbonyl (C=O) groups is 1. The second-order valence-electron chi connectivity index (χ2n) is 5.96. The van der Waals surface area contributed by atoms with E-state index in [1.165, 1.54) is 5.56 Å². The van der Waals surface area contributed by atoms with Gasteiger partial charge in [-0.3, -0.25) is 9.69 Å². The number of amides is 1. The van der Waals surface area contributed by atoms with Crippen LogP contribution in [0, 0.1) is 5.92 Å². The van der Waals surface area contributed by atoms with Crippen molar-refractivity contribution in [2.75, 3.05) is 13.1 Å². The van der Waals surface area contributed by atoms with Crippen molar-refractivity contribution in [3.63, 3.8) is 0 Å². The largest absolute Gasteiger partial charge is 0.369 e. The number of hydrogen-bond acceptors (Lipinski definition) is 2. The Labute approximate surface area is 126 Å². The van der Waals surface area contributed by atoms with Crippen LogP contribution in [0.15, 0.2) is 18.2 Å². The van der Waals surface area contributed by atoms with Crippen molar-refractivity contribution in [3.05, 3.63) is 34.3 Å². The van der Waals surface area contributed by atoms with Crippen LogP contribution in [0.1, 0.15) is 43.7 Å². The van der Waals surface area contributed by atoms with Crippen LogP contribution < -0.4 is 5.73 Å². The SMILES string of the molecule is CC(C)c1ccc(CN2CCC(C(N)=O)CC2)c(Cl)c1. The summed E-state index contributed by atoms with van der Waals surface area (Å²) in [6.45, 7) is 7.01. The molecule has 0 radical (unpaired) electrons. The van der Waals surface area contributed by atoms with Crippen LogP contribution in [-0.4, -0.2) is 23.9 Å². The predicted molar refractivity (Wildman–Crippen MR) is 82.7 cm³/mol. The third-order valence-corrected chi connectivity index (χ3v) is 4.48. The summed E-state index contributed by atoms with van der Waals surface area (Å²) < 4.78 is 0. The molecule has 0 saturated carbocycles. The third-order valence-electron chi connectivity index (χ3n) is 4.13. The first-order valence-electron chi connectivity index (χ1n) is 7.27. The van der Waals surface area contributed by atoms with Gasteiger partial charge in [0.15, 0.2) is 0 Å². The van der Waals surface area contributed by atoms with Crippen LogP contribution in [0.4, 0.5) is 0 Å². The molecule has 0 bridgehead atoms. The Morgan fingerprint density at radius 1 is 1.40 bits per heavy atom. The summed E-state index contributed by atoms with van der Waals surface area (Å²) in [7, 11) is 0. The molecule has 1 saturated heterocycles. The molecule has 1 amide bonds. The zero-order valence-electron chi connectivity index (χ0n) is 12.2. The van der Waals surface area contributed by atoms with Gasteiger partial charge < -0.3 is 5.73 Å². The first kappa shape index (κ1) is 15.3. The highest BCUT2D eigenvalue weighted by molar-refractivity contribution is 6.31. The third kappa shape index (κ3) is 3.74. The minimum absolute atomic E-state index is 0.0463. The summed E-state index contributed by atoms with van der Waals surface area (Å²) in [4.78, 5) is 13.5. The maximum absolute atomic E-state index is 11.2. The van der Waals surface area contributed by atoms with Gasteiger partial charge in [-0.05, 0) is 49.0 Å². The van der Waals surface area contributed by atoms with Gasteiger partial charge in [-0.2, -0.15) is 0 Å². The Hall–Kier alpha value is -1.06. The quantitative estimate of drug-likeness (QED) is 0.927. The molecule has 1 fully saturated rings. The van der Waals surface area contributed by atoms with Gasteiger partial charge in [0, 0.05) is 17.5 Å². The fourth-order valence-electron chi connectivity index (χ4n) is 2.67. The molecule has 1 aliphatic rings. The Morgan fingerprint density at radius 2 is 2.05 bits per heavy atom. The zero-order valence-corrected chi connectivity index (χ0v) is 13.0. The second kappa shape index (κ2) is 6.59. The number of primary amides is 1. The summed E-state index contributed by atoms with van der Waals surface area (Å²) in [5, 5.41) is 0.841. The molecule has 0 aromatic heterocycles. The normalized spacial score (nSPS) is 17.6. The van der Waals surface area contributed by atoms with Crippen molar-refractivity contribution in [3.8, 4) is 0 Å². The minimum atomic E-state index is -0.163. The Balaban J connectivity index is 1.96. The maximum Gasteiger partial charge on any atom is 0.220 e.